The van der Waals surface area contributed by atoms with E-state index < -0.39 is 5.60 Å². The van der Waals surface area contributed by atoms with Gasteiger partial charge in [-0.05, 0) is 44.9 Å². The summed E-state index contributed by atoms with van der Waals surface area (Å²) in [5.74, 6) is 0.587. The molecule has 2 rings (SSSR count). The Balaban J connectivity index is 2.30. The van der Waals surface area contributed by atoms with E-state index in [9.17, 15) is 5.11 Å². The lowest BCUT2D eigenvalue weighted by Crippen LogP contribution is -2.29. The van der Waals surface area contributed by atoms with Crippen LogP contribution >= 0.6 is 0 Å². The Morgan fingerprint density at radius 2 is 2.06 bits per heavy atom. The standard InChI is InChI=1S/C16H25NO/c1-11(2)17-10-12(3)14-8-13(6-7-15(14)17)9-16(4,5)18/h6-8,11-12,18H,9-10H2,1-5H3. The quantitative estimate of drug-likeness (QED) is 0.885. The maximum absolute atomic E-state index is 9.92. The average Bonchev–Trinajstić information content (AvgIpc) is 2.54. The van der Waals surface area contributed by atoms with E-state index in [1.165, 1.54) is 16.8 Å². The molecule has 100 valence electrons. The van der Waals surface area contributed by atoms with E-state index in [1.54, 1.807) is 0 Å². The highest BCUT2D eigenvalue weighted by atomic mass is 16.3. The lowest BCUT2D eigenvalue weighted by molar-refractivity contribution is 0.0810. The van der Waals surface area contributed by atoms with Crippen LogP contribution in [0.3, 0.4) is 0 Å². The summed E-state index contributed by atoms with van der Waals surface area (Å²) in [6, 6.07) is 7.21. The minimum absolute atomic E-state index is 0.550. The summed E-state index contributed by atoms with van der Waals surface area (Å²) < 4.78 is 0. The van der Waals surface area contributed by atoms with Crippen molar-refractivity contribution in [1.82, 2.24) is 0 Å². The van der Waals surface area contributed by atoms with Crippen molar-refractivity contribution in [2.24, 2.45) is 0 Å². The first-order valence-corrected chi connectivity index (χ1v) is 6.90. The van der Waals surface area contributed by atoms with Gasteiger partial charge in [-0.15, -0.1) is 0 Å². The fourth-order valence-electron chi connectivity index (χ4n) is 2.85. The zero-order valence-electron chi connectivity index (χ0n) is 12.2. The number of hydrogen-bond donors (Lipinski definition) is 1. The number of fused-ring (bicyclic) bond motifs is 1. The molecule has 1 unspecified atom stereocenters. The van der Waals surface area contributed by atoms with E-state index in [1.807, 2.05) is 13.8 Å². The molecule has 1 aromatic rings. The van der Waals surface area contributed by atoms with Crippen LogP contribution in [-0.2, 0) is 6.42 Å². The fraction of sp³-hybridized carbons (Fsp3) is 0.625. The van der Waals surface area contributed by atoms with Crippen molar-refractivity contribution in [2.45, 2.75) is 58.6 Å². The summed E-state index contributed by atoms with van der Waals surface area (Å²) in [7, 11) is 0. The minimum atomic E-state index is -0.631. The Morgan fingerprint density at radius 1 is 1.39 bits per heavy atom. The summed E-state index contributed by atoms with van der Waals surface area (Å²) in [5, 5.41) is 9.92. The van der Waals surface area contributed by atoms with E-state index in [4.69, 9.17) is 0 Å². The van der Waals surface area contributed by atoms with Crippen LogP contribution in [0.15, 0.2) is 18.2 Å². The normalized spacial score (nSPS) is 19.5. The van der Waals surface area contributed by atoms with Gasteiger partial charge in [-0.3, -0.25) is 0 Å². The molecule has 1 aliphatic rings. The molecule has 0 saturated heterocycles. The first kappa shape index (κ1) is 13.4. The van der Waals surface area contributed by atoms with Crippen LogP contribution in [0.1, 0.15) is 51.7 Å². The van der Waals surface area contributed by atoms with Gasteiger partial charge >= 0.3 is 0 Å². The zero-order valence-corrected chi connectivity index (χ0v) is 12.2. The third kappa shape index (κ3) is 2.69. The van der Waals surface area contributed by atoms with Gasteiger partial charge in [-0.25, -0.2) is 0 Å². The molecule has 0 spiro atoms. The van der Waals surface area contributed by atoms with Crippen molar-refractivity contribution >= 4 is 5.69 Å². The van der Waals surface area contributed by atoms with Crippen LogP contribution in [-0.4, -0.2) is 23.3 Å². The molecule has 0 fully saturated rings. The average molecular weight is 247 g/mol. The Morgan fingerprint density at radius 3 is 2.61 bits per heavy atom. The smallest absolute Gasteiger partial charge is 0.0631 e. The predicted octanol–water partition coefficient (Wildman–Crippen LogP) is 3.33. The second kappa shape index (κ2) is 4.58. The van der Waals surface area contributed by atoms with Crippen molar-refractivity contribution in [1.29, 1.82) is 0 Å². The van der Waals surface area contributed by atoms with E-state index in [0.717, 1.165) is 6.54 Å². The topological polar surface area (TPSA) is 23.5 Å². The summed E-state index contributed by atoms with van der Waals surface area (Å²) in [5.41, 5.74) is 3.41. The van der Waals surface area contributed by atoms with Crippen LogP contribution in [0.4, 0.5) is 5.69 Å². The third-order valence-corrected chi connectivity index (χ3v) is 3.66. The molecule has 2 nitrogen and oxygen atoms in total. The van der Waals surface area contributed by atoms with Crippen LogP contribution in [0.5, 0.6) is 0 Å². The number of benzene rings is 1. The van der Waals surface area contributed by atoms with E-state index in [-0.39, 0.29) is 0 Å². The molecular formula is C16H25NO. The van der Waals surface area contributed by atoms with Crippen molar-refractivity contribution in [3.05, 3.63) is 29.3 Å². The lowest BCUT2D eigenvalue weighted by Gasteiger charge is -2.24. The molecule has 0 aliphatic carbocycles. The minimum Gasteiger partial charge on any atom is -0.390 e. The number of aliphatic hydroxyl groups is 1. The molecule has 0 radical (unpaired) electrons. The number of anilines is 1. The van der Waals surface area contributed by atoms with Crippen LogP contribution in [0.2, 0.25) is 0 Å². The summed E-state index contributed by atoms with van der Waals surface area (Å²) in [4.78, 5) is 2.47. The van der Waals surface area contributed by atoms with Gasteiger partial charge in [0.2, 0.25) is 0 Å². The molecule has 1 atom stereocenters. The number of hydrogen-bond acceptors (Lipinski definition) is 2. The molecule has 1 aromatic carbocycles. The maximum Gasteiger partial charge on any atom is 0.0631 e. The maximum atomic E-state index is 9.92. The first-order valence-electron chi connectivity index (χ1n) is 6.90. The Kier molecular flexibility index (Phi) is 3.41. The fourth-order valence-corrected chi connectivity index (χ4v) is 2.85. The molecule has 0 aromatic heterocycles. The second-order valence-electron chi connectivity index (χ2n) is 6.53. The molecule has 0 amide bonds. The van der Waals surface area contributed by atoms with Crippen LogP contribution < -0.4 is 4.90 Å². The number of rotatable bonds is 3. The van der Waals surface area contributed by atoms with Gasteiger partial charge in [0.15, 0.2) is 0 Å². The van der Waals surface area contributed by atoms with Crippen LogP contribution in [0.25, 0.3) is 0 Å². The summed E-state index contributed by atoms with van der Waals surface area (Å²) in [6.45, 7) is 11.6. The van der Waals surface area contributed by atoms with Crippen molar-refractivity contribution < 1.29 is 5.11 Å². The molecule has 0 saturated carbocycles. The highest BCUT2D eigenvalue weighted by Gasteiger charge is 2.27. The largest absolute Gasteiger partial charge is 0.390 e. The third-order valence-electron chi connectivity index (χ3n) is 3.66. The van der Waals surface area contributed by atoms with Gasteiger partial charge in [-0.1, -0.05) is 19.1 Å². The molecule has 1 aliphatic heterocycles. The molecule has 2 heteroatoms. The van der Waals surface area contributed by atoms with Crippen molar-refractivity contribution in [3.8, 4) is 0 Å². The molecule has 18 heavy (non-hydrogen) atoms. The van der Waals surface area contributed by atoms with E-state index >= 15 is 0 Å². The van der Waals surface area contributed by atoms with Gasteiger partial charge < -0.3 is 10.0 Å². The highest BCUT2D eigenvalue weighted by molar-refractivity contribution is 5.61. The molecule has 1 heterocycles. The lowest BCUT2D eigenvalue weighted by atomic mass is 9.94. The zero-order chi connectivity index (χ0) is 13.5. The Bertz CT molecular complexity index is 431. The first-order chi connectivity index (χ1) is 8.28. The second-order valence-corrected chi connectivity index (χ2v) is 6.53. The van der Waals surface area contributed by atoms with Gasteiger partial charge in [0.05, 0.1) is 5.60 Å². The van der Waals surface area contributed by atoms with E-state index in [2.05, 4.69) is 43.9 Å². The summed E-state index contributed by atoms with van der Waals surface area (Å²) in [6.07, 6.45) is 0.717. The molecule has 1 N–H and O–H groups in total. The van der Waals surface area contributed by atoms with Crippen molar-refractivity contribution in [2.75, 3.05) is 11.4 Å². The van der Waals surface area contributed by atoms with Crippen LogP contribution in [0, 0.1) is 0 Å². The van der Waals surface area contributed by atoms with Gasteiger partial charge in [0.1, 0.15) is 0 Å². The van der Waals surface area contributed by atoms with Crippen molar-refractivity contribution in [3.63, 3.8) is 0 Å². The van der Waals surface area contributed by atoms with Gasteiger partial charge in [0.25, 0.3) is 0 Å². The Labute approximate surface area is 111 Å². The highest BCUT2D eigenvalue weighted by Crippen LogP contribution is 2.38. The predicted molar refractivity (Wildman–Crippen MR) is 77.3 cm³/mol. The number of nitrogens with zero attached hydrogens (tertiary/aromatic N) is 1. The van der Waals surface area contributed by atoms with Gasteiger partial charge in [0, 0.05) is 30.6 Å². The van der Waals surface area contributed by atoms with E-state index in [0.29, 0.717) is 18.4 Å². The SMILES string of the molecule is CC1CN(C(C)C)c2ccc(CC(C)(C)O)cc21. The monoisotopic (exact) mass is 247 g/mol. The Hall–Kier alpha value is -1.02. The molecular weight excluding hydrogens is 222 g/mol. The van der Waals surface area contributed by atoms with Gasteiger partial charge in [-0.2, -0.15) is 0 Å². The molecule has 0 bridgehead atoms. The summed E-state index contributed by atoms with van der Waals surface area (Å²) >= 11 is 0.